The van der Waals surface area contributed by atoms with Crippen LogP contribution in [0.2, 0.25) is 0 Å². The number of hydrogen-bond acceptors (Lipinski definition) is 7. The molecule has 0 fully saturated rings. The molecule has 2 aromatic heterocycles. The monoisotopic (exact) mass is 410 g/mol. The topological polar surface area (TPSA) is 116 Å². The number of ether oxygens (including phenoxy) is 1. The Morgan fingerprint density at radius 3 is 2.57 bits per heavy atom. The highest BCUT2D eigenvalue weighted by atomic mass is 16.6. The molecular formula is C21H22N4O5. The third kappa shape index (κ3) is 4.62. The molecule has 30 heavy (non-hydrogen) atoms. The summed E-state index contributed by atoms with van der Waals surface area (Å²) < 4.78 is 6.34. The van der Waals surface area contributed by atoms with E-state index < -0.39 is 28.2 Å². The number of hydrogen-bond donors (Lipinski definition) is 1. The van der Waals surface area contributed by atoms with Crippen molar-refractivity contribution < 1.29 is 14.5 Å². The van der Waals surface area contributed by atoms with Crippen LogP contribution in [0.1, 0.15) is 37.4 Å². The van der Waals surface area contributed by atoms with Gasteiger partial charge in [0.05, 0.1) is 23.5 Å². The molecule has 0 saturated heterocycles. The molecule has 1 N–H and O–H groups in total. The molecule has 2 heterocycles. The van der Waals surface area contributed by atoms with E-state index in [4.69, 9.17) is 4.74 Å². The second-order valence-corrected chi connectivity index (χ2v) is 7.15. The lowest BCUT2D eigenvalue weighted by molar-refractivity contribution is -0.385. The van der Waals surface area contributed by atoms with E-state index in [1.165, 1.54) is 6.20 Å². The summed E-state index contributed by atoms with van der Waals surface area (Å²) in [6.07, 6.45) is 1.03. The van der Waals surface area contributed by atoms with Crippen LogP contribution in [0.4, 0.5) is 11.5 Å². The Bertz CT molecular complexity index is 1140. The van der Waals surface area contributed by atoms with Crippen molar-refractivity contribution in [2.45, 2.75) is 39.3 Å². The molecule has 0 radical (unpaired) electrons. The van der Waals surface area contributed by atoms with Gasteiger partial charge in [0.2, 0.25) is 5.82 Å². The lowest BCUT2D eigenvalue weighted by Crippen LogP contribution is -2.24. The average Bonchev–Trinajstić information content (AvgIpc) is 2.67. The first-order valence-corrected chi connectivity index (χ1v) is 9.44. The minimum atomic E-state index is -0.805. The quantitative estimate of drug-likeness (QED) is 0.360. The highest BCUT2D eigenvalue weighted by Crippen LogP contribution is 2.27. The van der Waals surface area contributed by atoms with E-state index in [2.05, 4.69) is 10.3 Å². The van der Waals surface area contributed by atoms with Gasteiger partial charge in [0.1, 0.15) is 5.65 Å². The van der Waals surface area contributed by atoms with E-state index in [9.17, 15) is 19.7 Å². The van der Waals surface area contributed by atoms with Crippen molar-refractivity contribution in [1.82, 2.24) is 9.38 Å². The third-order valence-corrected chi connectivity index (χ3v) is 4.42. The number of carbonyl (C=O) groups is 1. The Kier molecular flexibility index (Phi) is 6.10. The first kappa shape index (κ1) is 21.0. The van der Waals surface area contributed by atoms with E-state index in [1.54, 1.807) is 32.0 Å². The number of carbonyl (C=O) groups excluding carboxylic acids is 1. The molecule has 0 bridgehead atoms. The van der Waals surface area contributed by atoms with Crippen molar-refractivity contribution in [1.29, 1.82) is 0 Å². The zero-order valence-corrected chi connectivity index (χ0v) is 16.9. The molecule has 0 unspecified atom stereocenters. The number of nitro groups is 1. The van der Waals surface area contributed by atoms with Gasteiger partial charge in [0.25, 0.3) is 0 Å². The summed E-state index contributed by atoms with van der Waals surface area (Å²) in [5.41, 5.74) is 0.498. The molecule has 0 amide bonds. The second kappa shape index (κ2) is 8.73. The summed E-state index contributed by atoms with van der Waals surface area (Å²) in [5.74, 6) is -0.664. The van der Waals surface area contributed by atoms with Gasteiger partial charge in [-0.1, -0.05) is 35.9 Å². The van der Waals surface area contributed by atoms with Gasteiger partial charge in [-0.15, -0.1) is 0 Å². The summed E-state index contributed by atoms with van der Waals surface area (Å²) in [7, 11) is 0. The lowest BCUT2D eigenvalue weighted by atomic mass is 10.0. The number of esters is 1. The molecule has 1 atom stereocenters. The number of anilines is 1. The van der Waals surface area contributed by atoms with Crippen LogP contribution in [-0.4, -0.2) is 26.4 Å². The predicted molar refractivity (Wildman–Crippen MR) is 112 cm³/mol. The molecule has 9 heteroatoms. The number of rotatable bonds is 7. The molecule has 3 rings (SSSR count). The maximum absolute atomic E-state index is 12.7. The normalized spacial score (nSPS) is 12.0. The van der Waals surface area contributed by atoms with Gasteiger partial charge in [-0.2, -0.15) is 0 Å². The van der Waals surface area contributed by atoms with Gasteiger partial charge in [-0.05, 0) is 38.5 Å². The molecular weight excluding hydrogens is 388 g/mol. The zero-order valence-electron chi connectivity index (χ0n) is 16.9. The highest BCUT2D eigenvalue weighted by molar-refractivity contribution is 5.72. The van der Waals surface area contributed by atoms with Gasteiger partial charge in [-0.25, -0.2) is 4.98 Å². The maximum Gasteiger partial charge on any atom is 0.376 e. The van der Waals surface area contributed by atoms with Crippen molar-refractivity contribution in [3.8, 4) is 0 Å². The fraction of sp³-hybridized carbons (Fsp3) is 0.286. The second-order valence-electron chi connectivity index (χ2n) is 7.15. The minimum Gasteiger partial charge on any atom is -0.463 e. The van der Waals surface area contributed by atoms with E-state index >= 15 is 0 Å². The SMILES string of the molecule is Cc1ccc([C@@H](CC(=O)OC(C)C)Nc2nc3ccccn3c(=O)c2[N+](=O)[O-])cc1. The number of nitrogens with one attached hydrogen (secondary N) is 1. The van der Waals surface area contributed by atoms with Crippen molar-refractivity contribution in [2.75, 3.05) is 5.32 Å². The van der Waals surface area contributed by atoms with Crippen LogP contribution in [0, 0.1) is 17.0 Å². The van der Waals surface area contributed by atoms with Gasteiger partial charge in [0, 0.05) is 6.20 Å². The first-order chi connectivity index (χ1) is 14.3. The van der Waals surface area contributed by atoms with E-state index in [0.29, 0.717) is 5.56 Å². The van der Waals surface area contributed by atoms with Crippen LogP contribution in [-0.2, 0) is 9.53 Å². The Hall–Kier alpha value is -3.75. The summed E-state index contributed by atoms with van der Waals surface area (Å²) in [6.45, 7) is 5.40. The predicted octanol–water partition coefficient (Wildman–Crippen LogP) is 3.41. The van der Waals surface area contributed by atoms with Crippen molar-refractivity contribution in [2.24, 2.45) is 0 Å². The average molecular weight is 410 g/mol. The first-order valence-electron chi connectivity index (χ1n) is 9.44. The van der Waals surface area contributed by atoms with Crippen LogP contribution in [0.5, 0.6) is 0 Å². The van der Waals surface area contributed by atoms with Crippen LogP contribution in [0.15, 0.2) is 53.5 Å². The molecule has 3 aromatic rings. The van der Waals surface area contributed by atoms with Crippen LogP contribution < -0.4 is 10.9 Å². The van der Waals surface area contributed by atoms with Gasteiger partial charge >= 0.3 is 17.2 Å². The van der Waals surface area contributed by atoms with Gasteiger partial charge < -0.3 is 10.1 Å². The molecule has 0 aliphatic rings. The molecule has 156 valence electrons. The van der Waals surface area contributed by atoms with Crippen LogP contribution in [0.3, 0.4) is 0 Å². The van der Waals surface area contributed by atoms with Crippen molar-refractivity contribution in [3.63, 3.8) is 0 Å². The van der Waals surface area contributed by atoms with Crippen LogP contribution in [0.25, 0.3) is 5.65 Å². The number of aryl methyl sites for hydroxylation is 1. The molecule has 0 saturated carbocycles. The highest BCUT2D eigenvalue weighted by Gasteiger charge is 2.27. The number of nitrogens with zero attached hydrogens (tertiary/aromatic N) is 3. The van der Waals surface area contributed by atoms with Crippen molar-refractivity contribution >= 4 is 23.1 Å². The summed E-state index contributed by atoms with van der Waals surface area (Å²) >= 11 is 0. The Morgan fingerprint density at radius 2 is 1.93 bits per heavy atom. The number of aromatic nitrogens is 2. The maximum atomic E-state index is 12.7. The Balaban J connectivity index is 2.07. The van der Waals surface area contributed by atoms with E-state index in [1.807, 2.05) is 31.2 Å². The molecule has 0 spiro atoms. The zero-order chi connectivity index (χ0) is 21.8. The number of pyridine rings is 1. The largest absolute Gasteiger partial charge is 0.463 e. The van der Waals surface area contributed by atoms with Gasteiger partial charge in [0.15, 0.2) is 0 Å². The lowest BCUT2D eigenvalue weighted by Gasteiger charge is -2.20. The van der Waals surface area contributed by atoms with E-state index in [0.717, 1.165) is 9.96 Å². The Labute approximate surface area is 172 Å². The summed E-state index contributed by atoms with van der Waals surface area (Å²) in [6, 6.07) is 11.5. The summed E-state index contributed by atoms with van der Waals surface area (Å²) in [4.78, 5) is 40.1. The summed E-state index contributed by atoms with van der Waals surface area (Å²) in [5, 5.41) is 14.6. The Morgan fingerprint density at radius 1 is 1.23 bits per heavy atom. The van der Waals surface area contributed by atoms with Crippen molar-refractivity contribution in [3.05, 3.63) is 80.3 Å². The fourth-order valence-electron chi connectivity index (χ4n) is 3.04. The van der Waals surface area contributed by atoms with Crippen LogP contribution >= 0.6 is 0 Å². The minimum absolute atomic E-state index is 0.0891. The van der Waals surface area contributed by atoms with Gasteiger partial charge in [-0.3, -0.25) is 24.1 Å². The smallest absolute Gasteiger partial charge is 0.376 e. The molecule has 0 aliphatic heterocycles. The molecule has 1 aromatic carbocycles. The third-order valence-electron chi connectivity index (χ3n) is 4.42. The van der Waals surface area contributed by atoms with E-state index in [-0.39, 0.29) is 24.0 Å². The fourth-order valence-corrected chi connectivity index (χ4v) is 3.04. The molecule has 9 nitrogen and oxygen atoms in total. The number of benzene rings is 1. The molecule has 0 aliphatic carbocycles. The number of fused-ring (bicyclic) bond motifs is 1. The standard InChI is InChI=1S/C21H22N4O5/c1-13(2)30-18(26)12-16(15-9-7-14(3)8-10-15)22-20-19(25(28)29)21(27)24-11-5-4-6-17(24)23-20/h4-11,13,16,22H,12H2,1-3H3/t16-/m1/s1.